The van der Waals surface area contributed by atoms with Gasteiger partial charge >= 0.3 is 5.97 Å². The summed E-state index contributed by atoms with van der Waals surface area (Å²) in [6, 6.07) is 27.6. The van der Waals surface area contributed by atoms with E-state index in [4.69, 9.17) is 9.15 Å². The standard InChI is InChI=1S/C27H21NO3/c1-2-30-27(29)24-23(21-17-28-22-16-10-9-15-20(21)22)25(18-11-5-3-6-12-18)31-26(24)19-13-7-4-8-14-19/h3-17,28H,2H2,1H3. The molecule has 0 fully saturated rings. The molecule has 4 heteroatoms. The number of H-pyrrole nitrogens is 1. The Morgan fingerprint density at radius 3 is 2.13 bits per heavy atom. The third-order valence-corrected chi connectivity index (χ3v) is 5.32. The van der Waals surface area contributed by atoms with Crippen molar-refractivity contribution in [1.82, 2.24) is 4.98 Å². The van der Waals surface area contributed by atoms with Crippen molar-refractivity contribution in [3.8, 4) is 33.8 Å². The Morgan fingerprint density at radius 1 is 0.839 bits per heavy atom. The summed E-state index contributed by atoms with van der Waals surface area (Å²) in [5.74, 6) is 0.762. The maximum Gasteiger partial charge on any atom is 0.342 e. The monoisotopic (exact) mass is 407 g/mol. The van der Waals surface area contributed by atoms with Gasteiger partial charge in [0.1, 0.15) is 17.1 Å². The Bertz CT molecular complexity index is 1350. The largest absolute Gasteiger partial charge is 0.462 e. The Kier molecular flexibility index (Phi) is 4.89. The van der Waals surface area contributed by atoms with Crippen LogP contribution in [0.1, 0.15) is 17.3 Å². The predicted octanol–water partition coefficient (Wildman–Crippen LogP) is 6.94. The summed E-state index contributed by atoms with van der Waals surface area (Å²) in [5.41, 5.74) is 4.80. The van der Waals surface area contributed by atoms with Crippen LogP contribution >= 0.6 is 0 Å². The van der Waals surface area contributed by atoms with Crippen LogP contribution in [-0.4, -0.2) is 17.6 Å². The topological polar surface area (TPSA) is 55.2 Å². The number of aromatic nitrogens is 1. The van der Waals surface area contributed by atoms with Crippen LogP contribution in [0.2, 0.25) is 0 Å². The van der Waals surface area contributed by atoms with Crippen molar-refractivity contribution in [2.75, 3.05) is 6.61 Å². The molecule has 0 radical (unpaired) electrons. The zero-order chi connectivity index (χ0) is 21.2. The van der Waals surface area contributed by atoms with Crippen LogP contribution in [0.5, 0.6) is 0 Å². The van der Waals surface area contributed by atoms with Crippen molar-refractivity contribution in [3.63, 3.8) is 0 Å². The fourth-order valence-corrected chi connectivity index (χ4v) is 3.95. The zero-order valence-electron chi connectivity index (χ0n) is 17.1. The van der Waals surface area contributed by atoms with Crippen LogP contribution in [0.15, 0.2) is 95.5 Å². The number of carbonyl (C=O) groups is 1. The molecule has 3 aromatic carbocycles. The van der Waals surface area contributed by atoms with Gasteiger partial charge in [0.2, 0.25) is 0 Å². The maximum atomic E-state index is 13.2. The molecular formula is C27H21NO3. The fourth-order valence-electron chi connectivity index (χ4n) is 3.95. The number of rotatable bonds is 5. The van der Waals surface area contributed by atoms with Crippen LogP contribution in [0.25, 0.3) is 44.7 Å². The minimum atomic E-state index is -0.396. The van der Waals surface area contributed by atoms with Gasteiger partial charge in [-0.3, -0.25) is 0 Å². The van der Waals surface area contributed by atoms with E-state index in [1.165, 1.54) is 0 Å². The molecular weight excluding hydrogens is 386 g/mol. The van der Waals surface area contributed by atoms with Gasteiger partial charge in [-0.2, -0.15) is 0 Å². The third-order valence-electron chi connectivity index (χ3n) is 5.32. The summed E-state index contributed by atoms with van der Waals surface area (Å²) < 4.78 is 11.9. The number of para-hydroxylation sites is 1. The van der Waals surface area contributed by atoms with Crippen LogP contribution in [0.3, 0.4) is 0 Å². The normalized spacial score (nSPS) is 11.0. The van der Waals surface area contributed by atoms with Gasteiger partial charge in [0.25, 0.3) is 0 Å². The smallest absolute Gasteiger partial charge is 0.342 e. The van der Waals surface area contributed by atoms with Crippen LogP contribution in [0.4, 0.5) is 0 Å². The number of nitrogens with one attached hydrogen (secondary N) is 1. The number of hydrogen-bond donors (Lipinski definition) is 1. The summed E-state index contributed by atoms with van der Waals surface area (Å²) in [6.07, 6.45) is 1.93. The Labute approximate surface area is 180 Å². The van der Waals surface area contributed by atoms with Gasteiger partial charge in [0, 0.05) is 39.4 Å². The van der Waals surface area contributed by atoms with E-state index in [9.17, 15) is 4.79 Å². The molecule has 1 N–H and O–H groups in total. The molecule has 0 amide bonds. The molecule has 2 heterocycles. The molecule has 5 rings (SSSR count). The van der Waals surface area contributed by atoms with Crippen molar-refractivity contribution in [3.05, 3.63) is 96.7 Å². The lowest BCUT2D eigenvalue weighted by atomic mass is 9.95. The molecule has 0 saturated heterocycles. The molecule has 0 aliphatic heterocycles. The first-order valence-corrected chi connectivity index (χ1v) is 10.3. The number of fused-ring (bicyclic) bond motifs is 1. The second-order valence-electron chi connectivity index (χ2n) is 7.21. The quantitative estimate of drug-likeness (QED) is 0.321. The fraction of sp³-hybridized carbons (Fsp3) is 0.0741. The molecule has 0 unspecified atom stereocenters. The minimum absolute atomic E-state index is 0.284. The summed E-state index contributed by atoms with van der Waals surface area (Å²) in [6.45, 7) is 2.09. The lowest BCUT2D eigenvalue weighted by Crippen LogP contribution is -2.06. The second kappa shape index (κ2) is 8.00. The second-order valence-corrected chi connectivity index (χ2v) is 7.21. The van der Waals surface area contributed by atoms with E-state index in [0.717, 1.165) is 33.2 Å². The van der Waals surface area contributed by atoms with Crippen molar-refractivity contribution in [2.45, 2.75) is 6.92 Å². The predicted molar refractivity (Wildman–Crippen MR) is 123 cm³/mol. The van der Waals surface area contributed by atoms with Gasteiger partial charge in [-0.05, 0) is 13.0 Å². The van der Waals surface area contributed by atoms with E-state index in [2.05, 4.69) is 4.98 Å². The molecule has 152 valence electrons. The molecule has 0 aliphatic carbocycles. The van der Waals surface area contributed by atoms with E-state index in [1.54, 1.807) is 0 Å². The summed E-state index contributed by atoms with van der Waals surface area (Å²) in [4.78, 5) is 16.6. The van der Waals surface area contributed by atoms with Gasteiger partial charge in [0.05, 0.1) is 6.61 Å². The Morgan fingerprint density at radius 2 is 1.45 bits per heavy atom. The number of ether oxygens (including phenoxy) is 1. The molecule has 4 nitrogen and oxygen atoms in total. The highest BCUT2D eigenvalue weighted by molar-refractivity contribution is 6.11. The summed E-state index contributed by atoms with van der Waals surface area (Å²) >= 11 is 0. The average Bonchev–Trinajstić information content (AvgIpc) is 3.42. The Hall–Kier alpha value is -4.05. The molecule has 31 heavy (non-hydrogen) atoms. The minimum Gasteiger partial charge on any atom is -0.462 e. The highest BCUT2D eigenvalue weighted by Gasteiger charge is 2.30. The van der Waals surface area contributed by atoms with E-state index >= 15 is 0 Å². The molecule has 0 spiro atoms. The van der Waals surface area contributed by atoms with Crippen molar-refractivity contribution < 1.29 is 13.9 Å². The zero-order valence-corrected chi connectivity index (χ0v) is 17.1. The van der Waals surface area contributed by atoms with Gasteiger partial charge < -0.3 is 14.1 Å². The van der Waals surface area contributed by atoms with Gasteiger partial charge in [0.15, 0.2) is 0 Å². The summed E-state index contributed by atoms with van der Waals surface area (Å²) in [7, 11) is 0. The van der Waals surface area contributed by atoms with Crippen molar-refractivity contribution >= 4 is 16.9 Å². The van der Waals surface area contributed by atoms with E-state index in [1.807, 2.05) is 98.0 Å². The lowest BCUT2D eigenvalue weighted by Gasteiger charge is -2.07. The van der Waals surface area contributed by atoms with Crippen LogP contribution in [0, 0.1) is 0 Å². The number of esters is 1. The average molecular weight is 407 g/mol. The maximum absolute atomic E-state index is 13.2. The highest BCUT2D eigenvalue weighted by atomic mass is 16.5. The first-order valence-electron chi connectivity index (χ1n) is 10.3. The van der Waals surface area contributed by atoms with E-state index in [-0.39, 0.29) is 6.61 Å². The summed E-state index contributed by atoms with van der Waals surface area (Å²) in [5, 5.41) is 1.02. The molecule has 2 aromatic heterocycles. The number of aromatic amines is 1. The third kappa shape index (κ3) is 3.32. The number of carbonyl (C=O) groups excluding carboxylic acids is 1. The van der Waals surface area contributed by atoms with Gasteiger partial charge in [-0.25, -0.2) is 4.79 Å². The van der Waals surface area contributed by atoms with E-state index in [0.29, 0.717) is 17.1 Å². The molecule has 5 aromatic rings. The lowest BCUT2D eigenvalue weighted by molar-refractivity contribution is 0.0527. The van der Waals surface area contributed by atoms with Crippen molar-refractivity contribution in [2.24, 2.45) is 0 Å². The van der Waals surface area contributed by atoms with Gasteiger partial charge in [-0.15, -0.1) is 0 Å². The molecule has 0 aliphatic rings. The van der Waals surface area contributed by atoms with Crippen LogP contribution < -0.4 is 0 Å². The first kappa shape index (κ1) is 18.9. The number of benzene rings is 3. The van der Waals surface area contributed by atoms with Gasteiger partial charge in [-0.1, -0.05) is 78.9 Å². The Balaban J connectivity index is 1.88. The highest BCUT2D eigenvalue weighted by Crippen LogP contribution is 2.45. The molecule has 0 atom stereocenters. The molecule has 0 saturated carbocycles. The number of hydrogen-bond acceptors (Lipinski definition) is 3. The SMILES string of the molecule is CCOC(=O)c1c(-c2ccccc2)oc(-c2ccccc2)c1-c1c[nH]c2ccccc12. The van der Waals surface area contributed by atoms with Crippen molar-refractivity contribution in [1.29, 1.82) is 0 Å². The van der Waals surface area contributed by atoms with Crippen LogP contribution in [-0.2, 0) is 4.74 Å². The van der Waals surface area contributed by atoms with E-state index < -0.39 is 5.97 Å². The number of furan rings is 1. The first-order chi connectivity index (χ1) is 15.3. The molecule has 0 bridgehead atoms.